The Balaban J connectivity index is 1.41. The molecule has 0 radical (unpaired) electrons. The molecule has 3 aromatic carbocycles. The third kappa shape index (κ3) is 7.35. The van der Waals surface area contributed by atoms with Crippen molar-refractivity contribution in [3.8, 4) is 22.9 Å². The third-order valence-corrected chi connectivity index (χ3v) is 7.77. The molecule has 0 aliphatic heterocycles. The van der Waals surface area contributed by atoms with Crippen LogP contribution in [0, 0.1) is 18.3 Å². The van der Waals surface area contributed by atoms with Gasteiger partial charge in [-0.2, -0.15) is 13.7 Å². The minimum atomic E-state index is -4.11. The second-order valence-electron chi connectivity index (χ2n) is 9.59. The van der Waals surface area contributed by atoms with Crippen molar-refractivity contribution in [2.24, 2.45) is 0 Å². The molecule has 1 fully saturated rings. The van der Waals surface area contributed by atoms with Gasteiger partial charge >= 0.3 is 0 Å². The highest BCUT2D eigenvalue weighted by Crippen LogP contribution is 2.29. The highest BCUT2D eigenvalue weighted by Gasteiger charge is 2.24. The predicted octanol–water partition coefficient (Wildman–Crippen LogP) is 5.74. The Labute approximate surface area is 228 Å². The molecule has 0 spiro atoms. The van der Waals surface area contributed by atoms with E-state index in [1.807, 2.05) is 37.3 Å². The van der Waals surface area contributed by atoms with Gasteiger partial charge in [-0.15, -0.1) is 0 Å². The summed E-state index contributed by atoms with van der Waals surface area (Å²) in [5.41, 5.74) is 4.35. The molecule has 7 nitrogen and oxygen atoms in total. The maximum atomic E-state index is 13.1. The quantitative estimate of drug-likeness (QED) is 0.344. The number of nitriles is 1. The van der Waals surface area contributed by atoms with Crippen molar-refractivity contribution in [3.05, 3.63) is 87.9 Å². The van der Waals surface area contributed by atoms with Crippen LogP contribution in [0.4, 0.5) is 0 Å². The molecule has 38 heavy (non-hydrogen) atoms. The maximum absolute atomic E-state index is 13.1. The molecule has 3 aromatic rings. The van der Waals surface area contributed by atoms with Gasteiger partial charge in [0, 0.05) is 17.7 Å². The molecular weight excluding hydrogens is 524 g/mol. The van der Waals surface area contributed by atoms with Gasteiger partial charge in [-0.1, -0.05) is 47.5 Å². The molecule has 0 aromatic heterocycles. The van der Waals surface area contributed by atoms with Crippen LogP contribution >= 0.6 is 11.6 Å². The monoisotopic (exact) mass is 552 g/mol. The molecule has 4 rings (SSSR count). The van der Waals surface area contributed by atoms with Gasteiger partial charge in [0.25, 0.3) is 16.0 Å². The molecule has 0 saturated heterocycles. The van der Waals surface area contributed by atoms with Crippen LogP contribution < -0.4 is 10.1 Å². The molecule has 1 saturated carbocycles. The normalized spacial score (nSPS) is 17.4. The van der Waals surface area contributed by atoms with Crippen LogP contribution in [0.1, 0.15) is 52.7 Å². The molecule has 1 amide bonds. The fourth-order valence-corrected chi connectivity index (χ4v) is 5.31. The van der Waals surface area contributed by atoms with Crippen molar-refractivity contribution in [2.75, 3.05) is 5.75 Å². The summed E-state index contributed by atoms with van der Waals surface area (Å²) in [6, 6.07) is 20.1. The Morgan fingerprint density at radius 2 is 1.79 bits per heavy atom. The first kappa shape index (κ1) is 27.6. The van der Waals surface area contributed by atoms with Gasteiger partial charge in [0.1, 0.15) is 11.8 Å². The molecule has 0 bridgehead atoms. The van der Waals surface area contributed by atoms with Crippen LogP contribution in [0.25, 0.3) is 11.1 Å². The fraction of sp³-hybridized carbons (Fsp3) is 0.310. The second kappa shape index (κ2) is 12.0. The first-order valence-corrected chi connectivity index (χ1v) is 14.4. The zero-order valence-electron chi connectivity index (χ0n) is 21.0. The van der Waals surface area contributed by atoms with Crippen molar-refractivity contribution >= 4 is 27.6 Å². The first-order valence-electron chi connectivity index (χ1n) is 12.4. The number of carbonyl (C=O) groups is 1. The number of halogens is 1. The summed E-state index contributed by atoms with van der Waals surface area (Å²) in [5.74, 6) is 0.0411. The van der Waals surface area contributed by atoms with Gasteiger partial charge in [-0.3, -0.25) is 9.35 Å². The largest absolute Gasteiger partial charge is 0.490 e. The average molecular weight is 553 g/mol. The van der Waals surface area contributed by atoms with Crippen LogP contribution in [0.3, 0.4) is 0 Å². The molecule has 9 heteroatoms. The van der Waals surface area contributed by atoms with E-state index in [-0.39, 0.29) is 24.5 Å². The Hall–Kier alpha value is -3.38. The fourth-order valence-electron chi connectivity index (χ4n) is 4.62. The number of amides is 1. The van der Waals surface area contributed by atoms with E-state index in [0.717, 1.165) is 47.9 Å². The predicted molar refractivity (Wildman–Crippen MR) is 147 cm³/mol. The standard InChI is InChI=1S/C29H29ClN2O5S/c1-19-2-4-20(5-3-19)27-16-22(7-6-21(27)14-15-38(34,35)36)29(33)32-24-9-12-25(13-10-24)37-26-11-8-23(18-31)28(30)17-26/h2-8,11,16-17,24-25H,9-10,12-15H2,1H3,(H,32,33)(H,34,35,36). The molecule has 198 valence electrons. The van der Waals surface area contributed by atoms with Crippen molar-refractivity contribution in [3.63, 3.8) is 0 Å². The highest BCUT2D eigenvalue weighted by molar-refractivity contribution is 7.85. The van der Waals surface area contributed by atoms with Crippen LogP contribution in [0.2, 0.25) is 5.02 Å². The number of nitrogens with one attached hydrogen (secondary N) is 1. The van der Waals surface area contributed by atoms with Gasteiger partial charge in [-0.05, 0) is 80.0 Å². The number of hydrogen-bond acceptors (Lipinski definition) is 5. The zero-order valence-corrected chi connectivity index (χ0v) is 22.6. The second-order valence-corrected chi connectivity index (χ2v) is 11.6. The van der Waals surface area contributed by atoms with E-state index in [9.17, 15) is 17.8 Å². The van der Waals surface area contributed by atoms with Crippen LogP contribution in [-0.4, -0.2) is 36.8 Å². The van der Waals surface area contributed by atoms with E-state index in [1.165, 1.54) is 0 Å². The summed E-state index contributed by atoms with van der Waals surface area (Å²) in [6.45, 7) is 1.98. The van der Waals surface area contributed by atoms with E-state index in [2.05, 4.69) is 5.32 Å². The van der Waals surface area contributed by atoms with Crippen LogP contribution in [0.15, 0.2) is 60.7 Å². The molecular formula is C29H29ClN2O5S. The van der Waals surface area contributed by atoms with E-state index < -0.39 is 15.9 Å². The SMILES string of the molecule is Cc1ccc(-c2cc(C(=O)NC3CCC(Oc4ccc(C#N)c(Cl)c4)CC3)ccc2CCS(=O)(=O)O)cc1. The van der Waals surface area contributed by atoms with Crippen molar-refractivity contribution in [2.45, 2.75) is 51.2 Å². The van der Waals surface area contributed by atoms with Crippen molar-refractivity contribution in [1.82, 2.24) is 5.32 Å². The highest BCUT2D eigenvalue weighted by atomic mass is 35.5. The first-order chi connectivity index (χ1) is 18.1. The lowest BCUT2D eigenvalue weighted by molar-refractivity contribution is 0.0894. The molecule has 1 aliphatic rings. The molecule has 0 atom stereocenters. The topological polar surface area (TPSA) is 116 Å². The Bertz CT molecular complexity index is 1460. The van der Waals surface area contributed by atoms with Crippen LogP contribution in [0.5, 0.6) is 5.75 Å². The van der Waals surface area contributed by atoms with Crippen molar-refractivity contribution in [1.29, 1.82) is 5.26 Å². The van der Waals surface area contributed by atoms with E-state index in [0.29, 0.717) is 21.9 Å². The number of nitrogens with zero attached hydrogens (tertiary/aromatic N) is 1. The lowest BCUT2D eigenvalue weighted by Crippen LogP contribution is -2.39. The zero-order chi connectivity index (χ0) is 27.3. The lowest BCUT2D eigenvalue weighted by atomic mass is 9.92. The summed E-state index contributed by atoms with van der Waals surface area (Å²) in [6.07, 6.45) is 3.20. The summed E-state index contributed by atoms with van der Waals surface area (Å²) in [4.78, 5) is 13.1. The molecule has 2 N–H and O–H groups in total. The number of benzene rings is 3. The van der Waals surface area contributed by atoms with Gasteiger partial charge in [0.05, 0.1) is 22.4 Å². The van der Waals surface area contributed by atoms with E-state index in [4.69, 9.17) is 21.6 Å². The summed E-state index contributed by atoms with van der Waals surface area (Å²) >= 11 is 6.10. The molecule has 0 heterocycles. The van der Waals surface area contributed by atoms with Gasteiger partial charge in [0.15, 0.2) is 0 Å². The number of aryl methyl sites for hydroxylation is 2. The van der Waals surface area contributed by atoms with Gasteiger partial charge in [-0.25, -0.2) is 0 Å². The van der Waals surface area contributed by atoms with Gasteiger partial charge < -0.3 is 10.1 Å². The van der Waals surface area contributed by atoms with Gasteiger partial charge in [0.2, 0.25) is 0 Å². The Morgan fingerprint density at radius 3 is 2.42 bits per heavy atom. The third-order valence-electron chi connectivity index (χ3n) is 6.74. The lowest BCUT2D eigenvalue weighted by Gasteiger charge is -2.29. The minimum absolute atomic E-state index is 0.00221. The Kier molecular flexibility index (Phi) is 8.72. The van der Waals surface area contributed by atoms with E-state index >= 15 is 0 Å². The smallest absolute Gasteiger partial charge is 0.265 e. The number of rotatable bonds is 8. The minimum Gasteiger partial charge on any atom is -0.490 e. The molecule has 1 aliphatic carbocycles. The van der Waals surface area contributed by atoms with Crippen molar-refractivity contribution < 1.29 is 22.5 Å². The Morgan fingerprint density at radius 1 is 1.08 bits per heavy atom. The molecule has 0 unspecified atom stereocenters. The summed E-state index contributed by atoms with van der Waals surface area (Å²) < 4.78 is 37.9. The maximum Gasteiger partial charge on any atom is 0.265 e. The summed E-state index contributed by atoms with van der Waals surface area (Å²) in [5, 5.41) is 12.5. The number of ether oxygens (including phenoxy) is 1. The van der Waals surface area contributed by atoms with Crippen LogP contribution in [-0.2, 0) is 16.5 Å². The van der Waals surface area contributed by atoms with E-state index in [1.54, 1.807) is 36.4 Å². The number of hydrogen-bond donors (Lipinski definition) is 2. The average Bonchev–Trinajstić information content (AvgIpc) is 2.89. The summed E-state index contributed by atoms with van der Waals surface area (Å²) in [7, 11) is -4.11. The number of carbonyl (C=O) groups excluding carboxylic acids is 1.